The van der Waals surface area contributed by atoms with Crippen molar-refractivity contribution in [3.05, 3.63) is 53.6 Å². The Morgan fingerprint density at radius 2 is 1.86 bits per heavy atom. The normalized spacial score (nSPS) is 25.9. The third kappa shape index (κ3) is 2.52. The van der Waals surface area contributed by atoms with Gasteiger partial charge < -0.3 is 4.98 Å². The summed E-state index contributed by atoms with van der Waals surface area (Å²) in [6.07, 6.45) is 13.4. The second kappa shape index (κ2) is 5.67. The summed E-state index contributed by atoms with van der Waals surface area (Å²) in [5.41, 5.74) is 4.52. The fraction of sp³-hybridized carbons (Fsp3) is 0.526. The maximum absolute atomic E-state index is 4.17. The van der Waals surface area contributed by atoms with Gasteiger partial charge in [0.1, 0.15) is 0 Å². The van der Waals surface area contributed by atoms with Gasteiger partial charge >= 0.3 is 0 Å². The number of hydrogen-bond donors (Lipinski definition) is 1. The van der Waals surface area contributed by atoms with Crippen molar-refractivity contribution < 1.29 is 0 Å². The van der Waals surface area contributed by atoms with Gasteiger partial charge in [-0.1, -0.05) is 43.5 Å². The first-order chi connectivity index (χ1) is 10.4. The molecule has 0 aliphatic heterocycles. The lowest BCUT2D eigenvalue weighted by Crippen LogP contribution is -2.14. The van der Waals surface area contributed by atoms with Crippen LogP contribution < -0.4 is 0 Å². The van der Waals surface area contributed by atoms with Crippen LogP contribution in [0.4, 0.5) is 0 Å². The van der Waals surface area contributed by atoms with Gasteiger partial charge in [0.25, 0.3) is 0 Å². The molecule has 1 aromatic carbocycles. The highest BCUT2D eigenvalue weighted by atomic mass is 14.9. The second-order valence-electron chi connectivity index (χ2n) is 6.85. The number of hydrogen-bond acceptors (Lipinski definition) is 1. The molecule has 1 aromatic heterocycles. The number of fused-ring (bicyclic) bond motifs is 1. The fourth-order valence-corrected chi connectivity index (χ4v) is 4.62. The first-order valence-corrected chi connectivity index (χ1v) is 8.48. The van der Waals surface area contributed by atoms with Gasteiger partial charge in [0.05, 0.1) is 6.33 Å². The number of H-pyrrole nitrogens is 1. The number of rotatable bonds is 3. The first kappa shape index (κ1) is 13.1. The molecular formula is C19H24N2. The highest BCUT2D eigenvalue weighted by molar-refractivity contribution is 5.39. The zero-order chi connectivity index (χ0) is 14.1. The molecule has 2 unspecified atom stereocenters. The van der Waals surface area contributed by atoms with Gasteiger partial charge in [0.15, 0.2) is 0 Å². The third-order valence-electron chi connectivity index (χ3n) is 5.61. The number of aromatic amines is 1. The van der Waals surface area contributed by atoms with Gasteiger partial charge in [0, 0.05) is 11.9 Å². The number of imidazole rings is 1. The van der Waals surface area contributed by atoms with Crippen LogP contribution >= 0.6 is 0 Å². The average Bonchev–Trinajstić information content (AvgIpc) is 3.17. The van der Waals surface area contributed by atoms with Crippen molar-refractivity contribution in [2.75, 3.05) is 0 Å². The minimum Gasteiger partial charge on any atom is -0.348 e. The molecule has 2 nitrogen and oxygen atoms in total. The van der Waals surface area contributed by atoms with E-state index in [1.54, 1.807) is 17.5 Å². The number of benzene rings is 1. The van der Waals surface area contributed by atoms with Crippen LogP contribution in [0.3, 0.4) is 0 Å². The average molecular weight is 280 g/mol. The van der Waals surface area contributed by atoms with Crippen molar-refractivity contribution in [3.8, 4) is 0 Å². The Bertz CT molecular complexity index is 581. The summed E-state index contributed by atoms with van der Waals surface area (Å²) in [4.78, 5) is 7.45. The zero-order valence-electron chi connectivity index (χ0n) is 12.6. The van der Waals surface area contributed by atoms with E-state index < -0.39 is 0 Å². The summed E-state index contributed by atoms with van der Waals surface area (Å²) in [6, 6.07) is 9.19. The van der Waals surface area contributed by atoms with E-state index >= 15 is 0 Å². The highest BCUT2D eigenvalue weighted by Crippen LogP contribution is 2.49. The quantitative estimate of drug-likeness (QED) is 0.859. The lowest BCUT2D eigenvalue weighted by atomic mass is 9.77. The summed E-state index contributed by atoms with van der Waals surface area (Å²) in [5, 5.41) is 0. The minimum absolute atomic E-state index is 0.675. The van der Waals surface area contributed by atoms with Crippen LogP contribution in [0.15, 0.2) is 36.8 Å². The Morgan fingerprint density at radius 1 is 1.05 bits per heavy atom. The Balaban J connectivity index is 1.60. The fourth-order valence-electron chi connectivity index (χ4n) is 4.62. The van der Waals surface area contributed by atoms with Gasteiger partial charge in [0.2, 0.25) is 0 Å². The molecule has 0 bridgehead atoms. The van der Waals surface area contributed by atoms with Crippen LogP contribution in [0.5, 0.6) is 0 Å². The molecule has 2 atom stereocenters. The van der Waals surface area contributed by atoms with Crippen molar-refractivity contribution in [3.63, 3.8) is 0 Å². The molecule has 2 aliphatic carbocycles. The Morgan fingerprint density at radius 3 is 2.62 bits per heavy atom. The van der Waals surface area contributed by atoms with Crippen LogP contribution in [-0.2, 0) is 6.42 Å². The number of nitrogens with zero attached hydrogens (tertiary/aromatic N) is 1. The zero-order valence-corrected chi connectivity index (χ0v) is 12.6. The monoisotopic (exact) mass is 280 g/mol. The molecular weight excluding hydrogens is 256 g/mol. The third-order valence-corrected chi connectivity index (χ3v) is 5.61. The molecule has 2 aromatic rings. The van der Waals surface area contributed by atoms with E-state index in [0.29, 0.717) is 5.92 Å². The molecule has 4 rings (SSSR count). The van der Waals surface area contributed by atoms with E-state index in [4.69, 9.17) is 0 Å². The molecule has 21 heavy (non-hydrogen) atoms. The SMILES string of the molecule is c1ccc2c(c1)C(Cc1cnc[nH]1)CC2C1CCCCC1. The molecule has 0 spiro atoms. The Hall–Kier alpha value is -1.57. The molecule has 0 amide bonds. The summed E-state index contributed by atoms with van der Waals surface area (Å²) in [5.74, 6) is 2.40. The Kier molecular flexibility index (Phi) is 3.54. The summed E-state index contributed by atoms with van der Waals surface area (Å²) in [6.45, 7) is 0. The van der Waals surface area contributed by atoms with Gasteiger partial charge in [-0.05, 0) is 54.6 Å². The molecule has 2 heteroatoms. The Labute approximate surface area is 127 Å². The largest absolute Gasteiger partial charge is 0.348 e. The van der Waals surface area contributed by atoms with E-state index in [-0.39, 0.29) is 0 Å². The molecule has 1 fully saturated rings. The molecule has 2 aliphatic rings. The summed E-state index contributed by atoms with van der Waals surface area (Å²) < 4.78 is 0. The van der Waals surface area contributed by atoms with Gasteiger partial charge in [-0.2, -0.15) is 0 Å². The van der Waals surface area contributed by atoms with Gasteiger partial charge in [-0.25, -0.2) is 4.98 Å². The number of aromatic nitrogens is 2. The lowest BCUT2D eigenvalue weighted by Gasteiger charge is -2.28. The second-order valence-corrected chi connectivity index (χ2v) is 6.85. The predicted molar refractivity (Wildman–Crippen MR) is 85.4 cm³/mol. The van der Waals surface area contributed by atoms with Crippen molar-refractivity contribution in [2.24, 2.45) is 5.92 Å². The first-order valence-electron chi connectivity index (χ1n) is 8.48. The molecule has 1 saturated carbocycles. The lowest BCUT2D eigenvalue weighted by molar-refractivity contribution is 0.296. The van der Waals surface area contributed by atoms with E-state index in [2.05, 4.69) is 34.2 Å². The smallest absolute Gasteiger partial charge is 0.0921 e. The standard InChI is InChI=1S/C19H24N2/c1-2-6-14(7-3-1)19-11-15(10-16-12-20-13-21-16)17-8-4-5-9-18(17)19/h4-5,8-9,12-15,19H,1-3,6-7,10-11H2,(H,20,21). The van der Waals surface area contributed by atoms with Gasteiger partial charge in [-0.15, -0.1) is 0 Å². The van der Waals surface area contributed by atoms with Crippen molar-refractivity contribution in [1.29, 1.82) is 0 Å². The molecule has 1 N–H and O–H groups in total. The van der Waals surface area contributed by atoms with Crippen molar-refractivity contribution >= 4 is 0 Å². The molecule has 110 valence electrons. The maximum Gasteiger partial charge on any atom is 0.0921 e. The molecule has 0 radical (unpaired) electrons. The van der Waals surface area contributed by atoms with Crippen LogP contribution in [0.1, 0.15) is 67.2 Å². The topological polar surface area (TPSA) is 28.7 Å². The van der Waals surface area contributed by atoms with Crippen molar-refractivity contribution in [1.82, 2.24) is 9.97 Å². The van der Waals surface area contributed by atoms with E-state index in [0.717, 1.165) is 18.3 Å². The van der Waals surface area contributed by atoms with E-state index in [1.165, 1.54) is 44.2 Å². The van der Waals surface area contributed by atoms with Crippen LogP contribution in [0, 0.1) is 5.92 Å². The van der Waals surface area contributed by atoms with E-state index in [1.807, 2.05) is 6.20 Å². The molecule has 0 saturated heterocycles. The number of nitrogens with one attached hydrogen (secondary N) is 1. The van der Waals surface area contributed by atoms with Gasteiger partial charge in [-0.3, -0.25) is 0 Å². The van der Waals surface area contributed by atoms with Crippen LogP contribution in [0.25, 0.3) is 0 Å². The minimum atomic E-state index is 0.675. The highest BCUT2D eigenvalue weighted by Gasteiger charge is 2.35. The predicted octanol–water partition coefficient (Wildman–Crippen LogP) is 4.80. The molecule has 1 heterocycles. The van der Waals surface area contributed by atoms with Crippen LogP contribution in [0.2, 0.25) is 0 Å². The van der Waals surface area contributed by atoms with Crippen molar-refractivity contribution in [2.45, 2.75) is 56.8 Å². The summed E-state index contributed by atoms with van der Waals surface area (Å²) >= 11 is 0. The summed E-state index contributed by atoms with van der Waals surface area (Å²) in [7, 11) is 0. The van der Waals surface area contributed by atoms with Crippen LogP contribution in [-0.4, -0.2) is 9.97 Å². The maximum atomic E-state index is 4.17. The van der Waals surface area contributed by atoms with E-state index in [9.17, 15) is 0 Å².